The van der Waals surface area contributed by atoms with E-state index in [2.05, 4.69) is 15.1 Å². The summed E-state index contributed by atoms with van der Waals surface area (Å²) in [4.78, 5) is 19.9. The third-order valence-corrected chi connectivity index (χ3v) is 3.07. The maximum atomic E-state index is 11.2. The summed E-state index contributed by atoms with van der Waals surface area (Å²) in [5, 5.41) is 13.3. The van der Waals surface area contributed by atoms with Crippen LogP contribution in [0.3, 0.4) is 0 Å². The summed E-state index contributed by atoms with van der Waals surface area (Å²) in [6.45, 7) is 1.99. The van der Waals surface area contributed by atoms with Crippen LogP contribution in [0, 0.1) is 0 Å². The van der Waals surface area contributed by atoms with Gasteiger partial charge in [0.1, 0.15) is 5.56 Å². The molecular formula is C14H12N4NaO2. The van der Waals surface area contributed by atoms with Crippen LogP contribution in [0.5, 0.6) is 0 Å². The van der Waals surface area contributed by atoms with Crippen molar-refractivity contribution >= 4 is 41.2 Å². The molecule has 0 aliphatic carbocycles. The Hall–Kier alpha value is -1.76. The van der Waals surface area contributed by atoms with Gasteiger partial charge < -0.3 is 5.11 Å². The normalized spacial score (nSPS) is 10.3. The van der Waals surface area contributed by atoms with Gasteiger partial charge in [-0.05, 0) is 24.6 Å². The number of carbonyl (C=O) groups is 1. The molecule has 0 unspecified atom stereocenters. The maximum absolute atomic E-state index is 11.2. The average molecular weight is 291 g/mol. The third-order valence-electron chi connectivity index (χ3n) is 3.07. The van der Waals surface area contributed by atoms with Crippen molar-refractivity contribution in [3.63, 3.8) is 0 Å². The second-order valence-corrected chi connectivity index (χ2v) is 4.30. The number of carboxylic acid groups (broad SMARTS) is 1. The van der Waals surface area contributed by atoms with E-state index in [0.717, 1.165) is 12.1 Å². The van der Waals surface area contributed by atoms with E-state index >= 15 is 0 Å². The van der Waals surface area contributed by atoms with Crippen molar-refractivity contribution in [1.82, 2.24) is 19.6 Å². The van der Waals surface area contributed by atoms with Gasteiger partial charge >= 0.3 is 5.97 Å². The van der Waals surface area contributed by atoms with Crippen molar-refractivity contribution in [3.8, 4) is 11.4 Å². The molecule has 3 aromatic heterocycles. The summed E-state index contributed by atoms with van der Waals surface area (Å²) in [5.41, 5.74) is 2.69. The molecule has 0 atom stereocenters. The molecular weight excluding hydrogens is 279 g/mol. The molecule has 1 radical (unpaired) electrons. The van der Waals surface area contributed by atoms with Crippen molar-refractivity contribution in [2.75, 3.05) is 0 Å². The predicted octanol–water partition coefficient (Wildman–Crippen LogP) is 1.67. The van der Waals surface area contributed by atoms with Gasteiger partial charge in [-0.15, -0.1) is 0 Å². The monoisotopic (exact) mass is 291 g/mol. The number of hydrogen-bond acceptors (Lipinski definition) is 4. The number of aryl methyl sites for hydroxylation is 1. The molecule has 0 spiro atoms. The SMILES string of the molecule is CCc1cc(-c2ccccn2)nc2c(C(=O)O)cnn12.[Na]. The van der Waals surface area contributed by atoms with Crippen LogP contribution in [-0.2, 0) is 6.42 Å². The van der Waals surface area contributed by atoms with Crippen molar-refractivity contribution in [1.29, 1.82) is 0 Å². The van der Waals surface area contributed by atoms with E-state index in [1.54, 1.807) is 10.7 Å². The summed E-state index contributed by atoms with van der Waals surface area (Å²) in [6.07, 6.45) is 3.73. The second-order valence-electron chi connectivity index (χ2n) is 4.30. The zero-order chi connectivity index (χ0) is 14.1. The molecule has 0 bridgehead atoms. The molecule has 1 N–H and O–H groups in total. The van der Waals surface area contributed by atoms with Gasteiger partial charge in [0.25, 0.3) is 0 Å². The number of aromatic carboxylic acids is 1. The average Bonchev–Trinajstić information content (AvgIpc) is 2.91. The first kappa shape index (κ1) is 15.6. The molecule has 6 nitrogen and oxygen atoms in total. The molecule has 3 aromatic rings. The van der Waals surface area contributed by atoms with Crippen LogP contribution < -0.4 is 0 Å². The number of carboxylic acids is 1. The first-order chi connectivity index (χ1) is 9.70. The van der Waals surface area contributed by atoms with Gasteiger partial charge in [0.15, 0.2) is 5.65 Å². The van der Waals surface area contributed by atoms with E-state index in [1.165, 1.54) is 6.20 Å². The van der Waals surface area contributed by atoms with E-state index in [9.17, 15) is 9.90 Å². The Kier molecular flexibility index (Phi) is 4.72. The van der Waals surface area contributed by atoms with E-state index < -0.39 is 5.97 Å². The van der Waals surface area contributed by atoms with Crippen molar-refractivity contribution in [2.24, 2.45) is 0 Å². The molecule has 21 heavy (non-hydrogen) atoms. The molecule has 0 saturated carbocycles. The Labute approximate surface area is 143 Å². The summed E-state index contributed by atoms with van der Waals surface area (Å²) >= 11 is 0. The number of aromatic nitrogens is 4. The van der Waals surface area contributed by atoms with Gasteiger partial charge in [-0.1, -0.05) is 13.0 Å². The van der Waals surface area contributed by atoms with Crippen molar-refractivity contribution in [2.45, 2.75) is 13.3 Å². The Balaban J connectivity index is 0.00000161. The fourth-order valence-corrected chi connectivity index (χ4v) is 2.07. The van der Waals surface area contributed by atoms with E-state index in [-0.39, 0.29) is 35.1 Å². The molecule has 0 aromatic carbocycles. The van der Waals surface area contributed by atoms with Crippen LogP contribution in [0.15, 0.2) is 36.7 Å². The summed E-state index contributed by atoms with van der Waals surface area (Å²) < 4.78 is 1.57. The number of pyridine rings is 1. The summed E-state index contributed by atoms with van der Waals surface area (Å²) in [5.74, 6) is -1.03. The number of fused-ring (bicyclic) bond motifs is 1. The minimum atomic E-state index is -1.03. The minimum Gasteiger partial charge on any atom is -0.477 e. The Bertz CT molecular complexity index is 786. The van der Waals surface area contributed by atoms with Crippen molar-refractivity contribution in [3.05, 3.63) is 47.9 Å². The molecule has 0 amide bonds. The fourth-order valence-electron chi connectivity index (χ4n) is 2.07. The molecule has 7 heteroatoms. The van der Waals surface area contributed by atoms with E-state index in [0.29, 0.717) is 17.0 Å². The zero-order valence-electron chi connectivity index (χ0n) is 11.8. The number of rotatable bonds is 3. The quantitative estimate of drug-likeness (QED) is 0.742. The molecule has 3 heterocycles. The molecule has 3 rings (SSSR count). The van der Waals surface area contributed by atoms with E-state index in [1.807, 2.05) is 31.2 Å². The fraction of sp³-hybridized carbons (Fsp3) is 0.143. The second kappa shape index (κ2) is 6.34. The van der Waals surface area contributed by atoms with Crippen LogP contribution in [0.4, 0.5) is 0 Å². The minimum absolute atomic E-state index is 0. The van der Waals surface area contributed by atoms with Crippen molar-refractivity contribution < 1.29 is 9.90 Å². The topological polar surface area (TPSA) is 80.4 Å². The van der Waals surface area contributed by atoms with Crippen LogP contribution in [-0.4, -0.2) is 60.2 Å². The number of nitrogens with zero attached hydrogens (tertiary/aromatic N) is 4. The van der Waals surface area contributed by atoms with Gasteiger partial charge in [-0.25, -0.2) is 14.3 Å². The summed E-state index contributed by atoms with van der Waals surface area (Å²) in [7, 11) is 0. The van der Waals surface area contributed by atoms with Gasteiger partial charge in [0, 0.05) is 41.4 Å². The van der Waals surface area contributed by atoms with Gasteiger partial charge in [-0.3, -0.25) is 4.98 Å². The third kappa shape index (κ3) is 2.83. The van der Waals surface area contributed by atoms with Gasteiger partial charge in [0.2, 0.25) is 0 Å². The molecule has 101 valence electrons. The van der Waals surface area contributed by atoms with Gasteiger partial charge in [0.05, 0.1) is 17.6 Å². The Morgan fingerprint density at radius 3 is 2.76 bits per heavy atom. The zero-order valence-corrected chi connectivity index (χ0v) is 13.8. The number of hydrogen-bond donors (Lipinski definition) is 1. The molecule has 0 saturated heterocycles. The largest absolute Gasteiger partial charge is 0.477 e. The Morgan fingerprint density at radius 2 is 2.14 bits per heavy atom. The molecule has 0 fully saturated rings. The van der Waals surface area contributed by atoms with Crippen LogP contribution >= 0.6 is 0 Å². The standard InChI is InChI=1S/C14H12N4O2.Na/c1-2-9-7-12(11-5-3-4-6-15-11)17-13-10(14(19)20)8-16-18(9)13;/h3-8H,2H2,1H3,(H,19,20);. The van der Waals surface area contributed by atoms with Crippen LogP contribution in [0.2, 0.25) is 0 Å². The van der Waals surface area contributed by atoms with Gasteiger partial charge in [-0.2, -0.15) is 5.10 Å². The predicted molar refractivity (Wildman–Crippen MR) is 78.3 cm³/mol. The van der Waals surface area contributed by atoms with Crippen LogP contribution in [0.25, 0.3) is 17.0 Å². The first-order valence-corrected chi connectivity index (χ1v) is 6.23. The van der Waals surface area contributed by atoms with Crippen LogP contribution in [0.1, 0.15) is 23.0 Å². The Morgan fingerprint density at radius 1 is 1.33 bits per heavy atom. The molecule has 0 aliphatic rings. The first-order valence-electron chi connectivity index (χ1n) is 6.23. The van der Waals surface area contributed by atoms with E-state index in [4.69, 9.17) is 0 Å². The maximum Gasteiger partial charge on any atom is 0.341 e. The smallest absolute Gasteiger partial charge is 0.341 e. The molecule has 0 aliphatic heterocycles. The summed E-state index contributed by atoms with van der Waals surface area (Å²) in [6, 6.07) is 7.42.